The zero-order chi connectivity index (χ0) is 18.9. The molecular weight excluding hydrogens is 394 g/mol. The lowest BCUT2D eigenvalue weighted by Crippen LogP contribution is -2.16. The molecule has 4 heterocycles. The third-order valence-electron chi connectivity index (χ3n) is 5.37. The first-order chi connectivity index (χ1) is 13.8. The monoisotopic (exact) mass is 417 g/mol. The topological polar surface area (TPSA) is 105 Å². The Hall–Kier alpha value is -1.78. The Labute approximate surface area is 171 Å². The lowest BCUT2D eigenvalue weighted by atomic mass is 10.1. The highest BCUT2D eigenvalue weighted by atomic mass is 32.2. The van der Waals surface area contributed by atoms with Crippen molar-refractivity contribution in [3.8, 4) is 0 Å². The molecule has 1 saturated heterocycles. The van der Waals surface area contributed by atoms with Gasteiger partial charge in [-0.05, 0) is 54.5 Å². The highest BCUT2D eigenvalue weighted by molar-refractivity contribution is 7.98. The second-order valence-electron chi connectivity index (χ2n) is 7.34. The lowest BCUT2D eigenvalue weighted by molar-refractivity contribution is 0.0912. The van der Waals surface area contributed by atoms with E-state index in [1.165, 1.54) is 29.7 Å². The molecule has 148 valence electrons. The second-order valence-corrected chi connectivity index (χ2v) is 9.36. The van der Waals surface area contributed by atoms with Gasteiger partial charge in [0.2, 0.25) is 5.16 Å². The first-order valence-electron chi connectivity index (χ1n) is 9.85. The molecule has 0 unspecified atom stereocenters. The Balaban J connectivity index is 1.34. The summed E-state index contributed by atoms with van der Waals surface area (Å²) < 4.78 is 7.51. The molecule has 1 aliphatic carbocycles. The van der Waals surface area contributed by atoms with Crippen LogP contribution >= 0.6 is 23.1 Å². The number of anilines is 1. The Kier molecular flexibility index (Phi) is 5.17. The van der Waals surface area contributed by atoms with Crippen LogP contribution in [0.5, 0.6) is 0 Å². The fourth-order valence-electron chi connectivity index (χ4n) is 4.00. The summed E-state index contributed by atoms with van der Waals surface area (Å²) in [5.41, 5.74) is 7.73. The van der Waals surface area contributed by atoms with Gasteiger partial charge in [0.25, 0.3) is 0 Å². The van der Waals surface area contributed by atoms with Crippen LogP contribution in [0.3, 0.4) is 0 Å². The van der Waals surface area contributed by atoms with Gasteiger partial charge >= 0.3 is 0 Å². The van der Waals surface area contributed by atoms with Gasteiger partial charge in [-0.25, -0.2) is 14.6 Å². The van der Waals surface area contributed by atoms with Gasteiger partial charge in [-0.2, -0.15) is 0 Å². The molecule has 0 saturated carbocycles. The number of hydrogen-bond acceptors (Lipinski definition) is 9. The van der Waals surface area contributed by atoms with E-state index in [-0.39, 0.29) is 6.10 Å². The molecule has 3 aromatic rings. The fourth-order valence-corrected chi connectivity index (χ4v) is 6.03. The number of nitrogen functional groups attached to an aromatic ring is 1. The van der Waals surface area contributed by atoms with Crippen LogP contribution < -0.4 is 5.73 Å². The van der Waals surface area contributed by atoms with Gasteiger partial charge in [-0.3, -0.25) is 0 Å². The predicted molar refractivity (Wildman–Crippen MR) is 109 cm³/mol. The van der Waals surface area contributed by atoms with Gasteiger partial charge in [0.05, 0.1) is 23.8 Å². The molecular formula is C18H23N7OS2. The molecule has 5 rings (SSSR count). The van der Waals surface area contributed by atoms with E-state index >= 15 is 0 Å². The number of tetrazole rings is 1. The largest absolute Gasteiger partial charge is 0.383 e. The first kappa shape index (κ1) is 18.3. The van der Waals surface area contributed by atoms with E-state index in [1.807, 2.05) is 4.68 Å². The molecule has 1 atom stereocenters. The molecule has 1 fully saturated rings. The maximum absolute atomic E-state index is 6.35. The van der Waals surface area contributed by atoms with Crippen LogP contribution in [0.1, 0.15) is 48.4 Å². The Morgan fingerprint density at radius 2 is 2.11 bits per heavy atom. The van der Waals surface area contributed by atoms with Crippen molar-refractivity contribution in [3.05, 3.63) is 16.3 Å². The number of fused-ring (bicyclic) bond motifs is 3. The highest BCUT2D eigenvalue weighted by Gasteiger charge is 2.21. The average molecular weight is 418 g/mol. The summed E-state index contributed by atoms with van der Waals surface area (Å²) in [6.07, 6.45) is 8.36. The molecule has 3 aromatic heterocycles. The second kappa shape index (κ2) is 7.92. The Morgan fingerprint density at radius 3 is 3.00 bits per heavy atom. The van der Waals surface area contributed by atoms with Crippen LogP contribution in [0.2, 0.25) is 0 Å². The van der Waals surface area contributed by atoms with Crippen LogP contribution in [-0.4, -0.2) is 42.9 Å². The van der Waals surface area contributed by atoms with Crippen molar-refractivity contribution in [1.82, 2.24) is 30.2 Å². The van der Waals surface area contributed by atoms with Gasteiger partial charge in [0, 0.05) is 11.5 Å². The highest BCUT2D eigenvalue weighted by Crippen LogP contribution is 2.37. The van der Waals surface area contributed by atoms with Gasteiger partial charge in [0.1, 0.15) is 16.5 Å². The molecule has 0 radical (unpaired) electrons. The van der Waals surface area contributed by atoms with E-state index in [0.29, 0.717) is 18.1 Å². The van der Waals surface area contributed by atoms with Gasteiger partial charge < -0.3 is 10.5 Å². The standard InChI is InChI=1S/C18H23N7OS2/c19-16-15-12-6-2-1-3-7-13(12)28-17(15)21-14(20-16)10-27-18-22-23-24-25(18)9-11-5-4-8-26-11/h11H,1-10H2,(H2,19,20,21)/t11-/m0/s1. The summed E-state index contributed by atoms with van der Waals surface area (Å²) in [4.78, 5) is 11.9. The number of aryl methyl sites for hydroxylation is 2. The fraction of sp³-hybridized carbons (Fsp3) is 0.611. The number of nitrogens with two attached hydrogens (primary N) is 1. The van der Waals surface area contributed by atoms with Crippen LogP contribution in [0.25, 0.3) is 10.2 Å². The molecule has 0 amide bonds. The normalized spacial score (nSPS) is 19.8. The van der Waals surface area contributed by atoms with Crippen LogP contribution in [0.4, 0.5) is 5.82 Å². The van der Waals surface area contributed by atoms with Gasteiger partial charge in [0.15, 0.2) is 0 Å². The van der Waals surface area contributed by atoms with E-state index < -0.39 is 0 Å². The van der Waals surface area contributed by atoms with Crippen molar-refractivity contribution in [2.24, 2.45) is 0 Å². The van der Waals surface area contributed by atoms with Crippen LogP contribution in [0.15, 0.2) is 5.16 Å². The molecule has 0 aromatic carbocycles. The van der Waals surface area contributed by atoms with E-state index in [0.717, 1.165) is 53.5 Å². The van der Waals surface area contributed by atoms with Crippen molar-refractivity contribution < 1.29 is 4.74 Å². The summed E-state index contributed by atoms with van der Waals surface area (Å²) in [7, 11) is 0. The van der Waals surface area contributed by atoms with Crippen LogP contribution in [0, 0.1) is 0 Å². The number of nitrogens with zero attached hydrogens (tertiary/aromatic N) is 6. The molecule has 0 spiro atoms. The summed E-state index contributed by atoms with van der Waals surface area (Å²) in [5.74, 6) is 1.94. The zero-order valence-corrected chi connectivity index (χ0v) is 17.3. The minimum Gasteiger partial charge on any atom is -0.383 e. The zero-order valence-electron chi connectivity index (χ0n) is 15.6. The van der Waals surface area contributed by atoms with E-state index in [4.69, 9.17) is 15.5 Å². The van der Waals surface area contributed by atoms with E-state index in [9.17, 15) is 0 Å². The molecule has 0 bridgehead atoms. The summed E-state index contributed by atoms with van der Waals surface area (Å²) in [6.45, 7) is 1.52. The van der Waals surface area contributed by atoms with E-state index in [2.05, 4.69) is 20.5 Å². The minimum absolute atomic E-state index is 0.201. The summed E-state index contributed by atoms with van der Waals surface area (Å²) >= 11 is 3.33. The first-order valence-corrected chi connectivity index (χ1v) is 11.7. The van der Waals surface area contributed by atoms with Crippen molar-refractivity contribution in [2.45, 2.75) is 68.5 Å². The number of aromatic nitrogens is 6. The Bertz CT molecular complexity index is 980. The van der Waals surface area contributed by atoms with Crippen molar-refractivity contribution >= 4 is 39.1 Å². The molecule has 28 heavy (non-hydrogen) atoms. The SMILES string of the molecule is Nc1nc(CSc2nnnn2C[C@@H]2CCCO2)nc2sc3c(c12)CCCCC3. The summed E-state index contributed by atoms with van der Waals surface area (Å²) in [6, 6.07) is 0. The molecule has 8 nitrogen and oxygen atoms in total. The number of ether oxygens (including phenoxy) is 1. The average Bonchev–Trinajstić information content (AvgIpc) is 3.39. The molecule has 10 heteroatoms. The molecule has 2 aliphatic rings. The third kappa shape index (κ3) is 3.60. The maximum Gasteiger partial charge on any atom is 0.209 e. The number of hydrogen-bond donors (Lipinski definition) is 1. The summed E-state index contributed by atoms with van der Waals surface area (Å²) in [5, 5.41) is 13.9. The quantitative estimate of drug-likeness (QED) is 0.499. The van der Waals surface area contributed by atoms with Gasteiger partial charge in [-0.15, -0.1) is 16.4 Å². The smallest absolute Gasteiger partial charge is 0.209 e. The number of thiophene rings is 1. The number of thioether (sulfide) groups is 1. The van der Waals surface area contributed by atoms with Gasteiger partial charge in [-0.1, -0.05) is 18.2 Å². The van der Waals surface area contributed by atoms with Crippen molar-refractivity contribution in [3.63, 3.8) is 0 Å². The number of rotatable bonds is 5. The lowest BCUT2D eigenvalue weighted by Gasteiger charge is -2.10. The van der Waals surface area contributed by atoms with Crippen LogP contribution in [-0.2, 0) is 29.9 Å². The third-order valence-corrected chi connectivity index (χ3v) is 7.51. The Morgan fingerprint density at radius 1 is 1.18 bits per heavy atom. The molecule has 2 N–H and O–H groups in total. The van der Waals surface area contributed by atoms with E-state index in [1.54, 1.807) is 23.1 Å². The molecule has 1 aliphatic heterocycles. The predicted octanol–water partition coefficient (Wildman–Crippen LogP) is 3.00. The minimum atomic E-state index is 0.201. The maximum atomic E-state index is 6.35. The van der Waals surface area contributed by atoms with Crippen molar-refractivity contribution in [2.75, 3.05) is 12.3 Å². The van der Waals surface area contributed by atoms with Crippen molar-refractivity contribution in [1.29, 1.82) is 0 Å².